The molecule has 0 saturated heterocycles. The number of nitrogens with one attached hydrogen (secondary N) is 2. The summed E-state index contributed by atoms with van der Waals surface area (Å²) in [5.41, 5.74) is 1.62. The third-order valence-corrected chi connectivity index (χ3v) is 4.15. The molecule has 0 unspecified atom stereocenters. The third-order valence-electron chi connectivity index (χ3n) is 4.15. The molecule has 2 heterocycles. The van der Waals surface area contributed by atoms with Crippen LogP contribution in [0.3, 0.4) is 0 Å². The van der Waals surface area contributed by atoms with Gasteiger partial charge in [-0.3, -0.25) is 14.3 Å². The fourth-order valence-electron chi connectivity index (χ4n) is 2.69. The van der Waals surface area contributed by atoms with Gasteiger partial charge < -0.3 is 24.5 Å². The van der Waals surface area contributed by atoms with Crippen LogP contribution in [0.4, 0.5) is 5.69 Å². The normalized spacial score (nSPS) is 10.4. The van der Waals surface area contributed by atoms with Crippen LogP contribution in [-0.2, 0) is 17.8 Å². The predicted molar refractivity (Wildman–Crippen MR) is 105 cm³/mol. The Balaban J connectivity index is 1.48. The van der Waals surface area contributed by atoms with Gasteiger partial charge in [-0.2, -0.15) is 5.10 Å². The largest absolute Gasteiger partial charge is 0.493 e. The first kappa shape index (κ1) is 20.0. The Hall–Kier alpha value is -3.75. The number of aromatic nitrogens is 2. The standard InChI is InChI=1S/C20H22N4O5/c1-27-16-6-5-14(10-18(16)28-2)7-8-24-13-15(11-22-24)23-19(25)12-21-20(26)17-4-3-9-29-17/h3-6,9-11,13H,7-8,12H2,1-2H3,(H,21,26)(H,23,25). The molecule has 9 heteroatoms. The summed E-state index contributed by atoms with van der Waals surface area (Å²) < 4.78 is 17.2. The number of benzene rings is 1. The van der Waals surface area contributed by atoms with Crippen LogP contribution in [0.1, 0.15) is 16.1 Å². The van der Waals surface area contributed by atoms with Crippen LogP contribution in [-0.4, -0.2) is 42.4 Å². The van der Waals surface area contributed by atoms with Crippen molar-refractivity contribution in [3.8, 4) is 11.5 Å². The molecule has 3 rings (SSSR count). The molecule has 1 aromatic carbocycles. The lowest BCUT2D eigenvalue weighted by atomic mass is 10.1. The topological polar surface area (TPSA) is 108 Å². The van der Waals surface area contributed by atoms with E-state index in [1.165, 1.54) is 12.3 Å². The summed E-state index contributed by atoms with van der Waals surface area (Å²) in [5, 5.41) is 9.42. The van der Waals surface area contributed by atoms with E-state index in [9.17, 15) is 9.59 Å². The second-order valence-corrected chi connectivity index (χ2v) is 6.14. The number of rotatable bonds is 9. The number of hydrogen-bond donors (Lipinski definition) is 2. The summed E-state index contributed by atoms with van der Waals surface area (Å²) >= 11 is 0. The van der Waals surface area contributed by atoms with E-state index in [-0.39, 0.29) is 18.2 Å². The maximum atomic E-state index is 12.0. The zero-order valence-electron chi connectivity index (χ0n) is 16.2. The molecular formula is C20H22N4O5. The van der Waals surface area contributed by atoms with Gasteiger partial charge in [0.05, 0.1) is 38.9 Å². The molecule has 0 atom stereocenters. The van der Waals surface area contributed by atoms with Gasteiger partial charge in [0.25, 0.3) is 5.91 Å². The molecule has 2 aromatic heterocycles. The van der Waals surface area contributed by atoms with E-state index in [2.05, 4.69) is 15.7 Å². The van der Waals surface area contributed by atoms with Gasteiger partial charge in [-0.1, -0.05) is 6.07 Å². The van der Waals surface area contributed by atoms with E-state index in [0.29, 0.717) is 23.7 Å². The zero-order chi connectivity index (χ0) is 20.6. The highest BCUT2D eigenvalue weighted by molar-refractivity contribution is 5.97. The number of methoxy groups -OCH3 is 2. The highest BCUT2D eigenvalue weighted by atomic mass is 16.5. The minimum atomic E-state index is -0.448. The number of ether oxygens (including phenoxy) is 2. The molecule has 0 aliphatic heterocycles. The third kappa shape index (κ3) is 5.38. The predicted octanol–water partition coefficient (Wildman–Crippen LogP) is 2.10. The average molecular weight is 398 g/mol. The lowest BCUT2D eigenvalue weighted by Crippen LogP contribution is -2.32. The van der Waals surface area contributed by atoms with Crippen LogP contribution in [0.15, 0.2) is 53.4 Å². The van der Waals surface area contributed by atoms with Crippen molar-refractivity contribution in [2.45, 2.75) is 13.0 Å². The molecular weight excluding hydrogens is 376 g/mol. The lowest BCUT2D eigenvalue weighted by molar-refractivity contribution is -0.115. The monoisotopic (exact) mass is 398 g/mol. The molecule has 29 heavy (non-hydrogen) atoms. The van der Waals surface area contributed by atoms with E-state index in [1.54, 1.807) is 37.4 Å². The highest BCUT2D eigenvalue weighted by Gasteiger charge is 2.11. The molecule has 0 radical (unpaired) electrons. The maximum absolute atomic E-state index is 12.0. The van der Waals surface area contributed by atoms with E-state index in [0.717, 1.165) is 12.0 Å². The van der Waals surface area contributed by atoms with Gasteiger partial charge >= 0.3 is 0 Å². The van der Waals surface area contributed by atoms with Crippen molar-refractivity contribution in [2.75, 3.05) is 26.1 Å². The van der Waals surface area contributed by atoms with Crippen molar-refractivity contribution in [1.82, 2.24) is 15.1 Å². The van der Waals surface area contributed by atoms with E-state index in [1.807, 2.05) is 18.2 Å². The number of carbonyl (C=O) groups excluding carboxylic acids is 2. The Bertz CT molecular complexity index is 965. The Morgan fingerprint density at radius 1 is 1.17 bits per heavy atom. The summed E-state index contributed by atoms with van der Waals surface area (Å²) in [7, 11) is 3.20. The first-order chi connectivity index (χ1) is 14.1. The molecule has 2 N–H and O–H groups in total. The van der Waals surface area contributed by atoms with Crippen LogP contribution < -0.4 is 20.1 Å². The van der Waals surface area contributed by atoms with Gasteiger partial charge in [-0.15, -0.1) is 0 Å². The quantitative estimate of drug-likeness (QED) is 0.572. The van der Waals surface area contributed by atoms with Crippen molar-refractivity contribution in [2.24, 2.45) is 0 Å². The molecule has 0 spiro atoms. The fraction of sp³-hybridized carbons (Fsp3) is 0.250. The Kier molecular flexibility index (Phi) is 6.51. The number of anilines is 1. The van der Waals surface area contributed by atoms with E-state index < -0.39 is 5.91 Å². The Labute approximate surface area is 167 Å². The fourth-order valence-corrected chi connectivity index (χ4v) is 2.69. The molecule has 0 saturated carbocycles. The first-order valence-corrected chi connectivity index (χ1v) is 8.94. The Morgan fingerprint density at radius 3 is 2.72 bits per heavy atom. The summed E-state index contributed by atoms with van der Waals surface area (Å²) in [6, 6.07) is 8.88. The summed E-state index contributed by atoms with van der Waals surface area (Å²) in [5.74, 6) is 0.704. The van der Waals surface area contributed by atoms with Crippen LogP contribution >= 0.6 is 0 Å². The number of aryl methyl sites for hydroxylation is 2. The SMILES string of the molecule is COc1ccc(CCn2cc(NC(=O)CNC(=O)c3ccco3)cn2)cc1OC. The van der Waals surface area contributed by atoms with Gasteiger partial charge in [0.2, 0.25) is 5.91 Å². The van der Waals surface area contributed by atoms with Crippen LogP contribution in [0.5, 0.6) is 11.5 Å². The molecule has 0 aliphatic rings. The highest BCUT2D eigenvalue weighted by Crippen LogP contribution is 2.27. The van der Waals surface area contributed by atoms with Crippen LogP contribution in [0.2, 0.25) is 0 Å². The summed E-state index contributed by atoms with van der Waals surface area (Å²) in [6.07, 6.45) is 5.41. The number of carbonyl (C=O) groups is 2. The number of furan rings is 1. The van der Waals surface area contributed by atoms with Crippen molar-refractivity contribution in [1.29, 1.82) is 0 Å². The molecule has 152 valence electrons. The second kappa shape index (κ2) is 9.45. The van der Waals surface area contributed by atoms with E-state index in [4.69, 9.17) is 13.9 Å². The van der Waals surface area contributed by atoms with Gasteiger partial charge in [0.1, 0.15) is 0 Å². The van der Waals surface area contributed by atoms with Crippen molar-refractivity contribution in [3.63, 3.8) is 0 Å². The number of amides is 2. The van der Waals surface area contributed by atoms with Crippen molar-refractivity contribution < 1.29 is 23.5 Å². The average Bonchev–Trinajstić information content (AvgIpc) is 3.42. The number of nitrogens with zero attached hydrogens (tertiary/aromatic N) is 2. The van der Waals surface area contributed by atoms with Crippen LogP contribution in [0, 0.1) is 0 Å². The van der Waals surface area contributed by atoms with Crippen molar-refractivity contribution in [3.05, 3.63) is 60.3 Å². The zero-order valence-corrected chi connectivity index (χ0v) is 16.2. The van der Waals surface area contributed by atoms with E-state index >= 15 is 0 Å². The van der Waals surface area contributed by atoms with Gasteiger partial charge in [0.15, 0.2) is 17.3 Å². The minimum absolute atomic E-state index is 0.154. The van der Waals surface area contributed by atoms with Crippen LogP contribution in [0.25, 0.3) is 0 Å². The summed E-state index contributed by atoms with van der Waals surface area (Å²) in [6.45, 7) is 0.455. The molecule has 0 bridgehead atoms. The number of hydrogen-bond acceptors (Lipinski definition) is 6. The maximum Gasteiger partial charge on any atom is 0.287 e. The van der Waals surface area contributed by atoms with Gasteiger partial charge in [-0.25, -0.2) is 0 Å². The minimum Gasteiger partial charge on any atom is -0.493 e. The molecule has 9 nitrogen and oxygen atoms in total. The lowest BCUT2D eigenvalue weighted by Gasteiger charge is -2.09. The molecule has 0 fully saturated rings. The smallest absolute Gasteiger partial charge is 0.287 e. The molecule has 2 amide bonds. The second-order valence-electron chi connectivity index (χ2n) is 6.14. The Morgan fingerprint density at radius 2 is 2.00 bits per heavy atom. The summed E-state index contributed by atoms with van der Waals surface area (Å²) in [4.78, 5) is 23.7. The van der Waals surface area contributed by atoms with Gasteiger partial charge in [0, 0.05) is 12.7 Å². The molecule has 3 aromatic rings. The van der Waals surface area contributed by atoms with Gasteiger partial charge in [-0.05, 0) is 36.2 Å². The van der Waals surface area contributed by atoms with Crippen molar-refractivity contribution >= 4 is 17.5 Å². The molecule has 0 aliphatic carbocycles. The first-order valence-electron chi connectivity index (χ1n) is 8.94.